The number of nitrogens with zero attached hydrogens (tertiary/aromatic N) is 3. The SMILES string of the molecule is N/C(=N\OC(=O)Nc1ccccc1C(F)(F)F)c1ccc2nonc2c1. The van der Waals surface area contributed by atoms with Crippen LogP contribution in [0.25, 0.3) is 11.0 Å². The van der Waals surface area contributed by atoms with Crippen molar-refractivity contribution in [2.45, 2.75) is 6.18 Å². The van der Waals surface area contributed by atoms with E-state index in [-0.39, 0.29) is 5.84 Å². The Morgan fingerprint density at radius 3 is 2.65 bits per heavy atom. The first-order valence-corrected chi connectivity index (χ1v) is 7.05. The van der Waals surface area contributed by atoms with Crippen LogP contribution in [0, 0.1) is 0 Å². The topological polar surface area (TPSA) is 116 Å². The fraction of sp³-hybridized carbons (Fsp3) is 0.0667. The van der Waals surface area contributed by atoms with Gasteiger partial charge in [-0.2, -0.15) is 13.2 Å². The molecule has 0 fully saturated rings. The highest BCUT2D eigenvalue weighted by Gasteiger charge is 2.33. The number of amidine groups is 1. The number of halogens is 3. The number of hydrogen-bond acceptors (Lipinski definition) is 6. The van der Waals surface area contributed by atoms with Gasteiger partial charge in [-0.3, -0.25) is 10.2 Å². The number of carbonyl (C=O) groups is 1. The number of anilines is 1. The Hall–Kier alpha value is -3.63. The summed E-state index contributed by atoms with van der Waals surface area (Å²) < 4.78 is 43.2. The molecule has 26 heavy (non-hydrogen) atoms. The zero-order chi connectivity index (χ0) is 18.7. The number of para-hydroxylation sites is 1. The zero-order valence-corrected chi connectivity index (χ0v) is 12.8. The predicted molar refractivity (Wildman–Crippen MR) is 84.1 cm³/mol. The van der Waals surface area contributed by atoms with Gasteiger partial charge in [-0.15, -0.1) is 0 Å². The molecule has 8 nitrogen and oxygen atoms in total. The highest BCUT2D eigenvalue weighted by atomic mass is 19.4. The van der Waals surface area contributed by atoms with E-state index in [0.717, 1.165) is 12.1 Å². The summed E-state index contributed by atoms with van der Waals surface area (Å²) in [5, 5.41) is 12.6. The van der Waals surface area contributed by atoms with Crippen molar-refractivity contribution in [3.63, 3.8) is 0 Å². The summed E-state index contributed by atoms with van der Waals surface area (Å²) in [5.41, 5.74) is 5.46. The minimum atomic E-state index is -4.63. The van der Waals surface area contributed by atoms with Gasteiger partial charge in [0.2, 0.25) is 0 Å². The lowest BCUT2D eigenvalue weighted by molar-refractivity contribution is -0.136. The molecule has 3 N–H and O–H groups in total. The largest absolute Gasteiger partial charge is 0.437 e. The third-order valence-electron chi connectivity index (χ3n) is 3.25. The van der Waals surface area contributed by atoms with E-state index in [9.17, 15) is 18.0 Å². The van der Waals surface area contributed by atoms with Crippen molar-refractivity contribution in [3.05, 3.63) is 53.6 Å². The molecule has 11 heteroatoms. The van der Waals surface area contributed by atoms with E-state index in [1.807, 2.05) is 5.32 Å². The van der Waals surface area contributed by atoms with E-state index in [2.05, 4.69) is 24.9 Å². The number of aromatic nitrogens is 2. The van der Waals surface area contributed by atoms with Crippen molar-refractivity contribution in [3.8, 4) is 0 Å². The Balaban J connectivity index is 1.71. The van der Waals surface area contributed by atoms with E-state index in [4.69, 9.17) is 5.73 Å². The van der Waals surface area contributed by atoms with Crippen molar-refractivity contribution < 1.29 is 27.4 Å². The smallest absolute Gasteiger partial charge is 0.380 e. The quantitative estimate of drug-likeness (QED) is 0.319. The van der Waals surface area contributed by atoms with Crippen molar-refractivity contribution in [1.29, 1.82) is 0 Å². The molecule has 0 unspecified atom stereocenters. The monoisotopic (exact) mass is 365 g/mol. The highest BCUT2D eigenvalue weighted by Crippen LogP contribution is 2.34. The second-order valence-electron chi connectivity index (χ2n) is 4.99. The van der Waals surface area contributed by atoms with Crippen molar-refractivity contribution >= 4 is 28.6 Å². The van der Waals surface area contributed by atoms with E-state index in [0.29, 0.717) is 16.6 Å². The number of nitrogens with two attached hydrogens (primary N) is 1. The van der Waals surface area contributed by atoms with Gasteiger partial charge in [-0.05, 0) is 40.6 Å². The van der Waals surface area contributed by atoms with Crippen molar-refractivity contribution in [2.75, 3.05) is 5.32 Å². The summed E-state index contributed by atoms with van der Waals surface area (Å²) in [6, 6.07) is 9.03. The van der Waals surface area contributed by atoms with Crippen molar-refractivity contribution in [1.82, 2.24) is 10.3 Å². The maximum absolute atomic E-state index is 12.9. The molecule has 0 radical (unpaired) electrons. The van der Waals surface area contributed by atoms with Crippen LogP contribution in [0.1, 0.15) is 11.1 Å². The Morgan fingerprint density at radius 2 is 1.88 bits per heavy atom. The number of fused-ring (bicyclic) bond motifs is 1. The number of alkyl halides is 3. The van der Waals surface area contributed by atoms with Crippen LogP contribution in [0.4, 0.5) is 23.7 Å². The number of hydrogen-bond donors (Lipinski definition) is 2. The third kappa shape index (κ3) is 3.71. The molecule has 0 aliphatic carbocycles. The van der Waals surface area contributed by atoms with E-state index in [1.54, 1.807) is 6.07 Å². The van der Waals surface area contributed by atoms with Gasteiger partial charge in [0.05, 0.1) is 11.3 Å². The van der Waals surface area contributed by atoms with Crippen LogP contribution < -0.4 is 11.1 Å². The second kappa shape index (κ2) is 6.70. The van der Waals surface area contributed by atoms with Gasteiger partial charge in [0.25, 0.3) is 0 Å². The molecule has 0 atom stereocenters. The molecule has 0 aliphatic rings. The molecule has 0 saturated heterocycles. The first-order valence-electron chi connectivity index (χ1n) is 7.05. The van der Waals surface area contributed by atoms with Gasteiger partial charge in [-0.25, -0.2) is 9.42 Å². The average molecular weight is 365 g/mol. The molecule has 3 rings (SSSR count). The van der Waals surface area contributed by atoms with E-state index >= 15 is 0 Å². The summed E-state index contributed by atoms with van der Waals surface area (Å²) in [7, 11) is 0. The maximum Gasteiger partial charge on any atom is 0.437 e. The number of nitrogens with one attached hydrogen (secondary N) is 1. The minimum absolute atomic E-state index is 0.186. The molecule has 0 saturated carbocycles. The second-order valence-corrected chi connectivity index (χ2v) is 4.99. The molecule has 134 valence electrons. The predicted octanol–water partition coefficient (Wildman–Crippen LogP) is 3.11. The number of carbonyl (C=O) groups excluding carboxylic acids is 1. The number of oxime groups is 1. The fourth-order valence-corrected chi connectivity index (χ4v) is 2.06. The summed E-state index contributed by atoms with van der Waals surface area (Å²) >= 11 is 0. The molecule has 1 aromatic heterocycles. The normalized spacial score (nSPS) is 12.2. The average Bonchev–Trinajstić information content (AvgIpc) is 3.07. The zero-order valence-electron chi connectivity index (χ0n) is 12.8. The van der Waals surface area contributed by atoms with Gasteiger partial charge in [0, 0.05) is 5.56 Å². The van der Waals surface area contributed by atoms with Crippen LogP contribution in [-0.2, 0) is 11.0 Å². The molecule has 0 bridgehead atoms. The van der Waals surface area contributed by atoms with Crippen molar-refractivity contribution in [2.24, 2.45) is 10.9 Å². The Bertz CT molecular complexity index is 984. The van der Waals surface area contributed by atoms with Gasteiger partial charge in [0.1, 0.15) is 11.0 Å². The number of rotatable bonds is 3. The summed E-state index contributed by atoms with van der Waals surface area (Å²) in [6.45, 7) is 0. The Morgan fingerprint density at radius 1 is 1.15 bits per heavy atom. The lowest BCUT2D eigenvalue weighted by Gasteiger charge is -2.12. The van der Waals surface area contributed by atoms with Gasteiger partial charge >= 0.3 is 12.3 Å². The summed E-state index contributed by atoms with van der Waals surface area (Å²) in [4.78, 5) is 16.2. The molecule has 3 aromatic rings. The molecular formula is C15H10F3N5O3. The minimum Gasteiger partial charge on any atom is -0.380 e. The Labute approximate surface area is 143 Å². The molecule has 0 spiro atoms. The maximum atomic E-state index is 12.9. The molecule has 1 heterocycles. The van der Waals surface area contributed by atoms with Gasteiger partial charge in [-0.1, -0.05) is 17.3 Å². The fourth-order valence-electron chi connectivity index (χ4n) is 2.06. The van der Waals surface area contributed by atoms with E-state index < -0.39 is 23.5 Å². The van der Waals surface area contributed by atoms with Crippen LogP contribution in [-0.4, -0.2) is 22.2 Å². The van der Waals surface area contributed by atoms with Crippen LogP contribution in [0.15, 0.2) is 52.2 Å². The van der Waals surface area contributed by atoms with Crippen LogP contribution >= 0.6 is 0 Å². The Kier molecular flexibility index (Phi) is 4.43. The van der Waals surface area contributed by atoms with Crippen LogP contribution in [0.3, 0.4) is 0 Å². The van der Waals surface area contributed by atoms with E-state index in [1.165, 1.54) is 24.3 Å². The molecule has 2 aromatic carbocycles. The van der Waals surface area contributed by atoms with Crippen LogP contribution in [0.2, 0.25) is 0 Å². The first-order chi connectivity index (χ1) is 12.3. The summed E-state index contributed by atoms with van der Waals surface area (Å²) in [6.07, 6.45) is -5.86. The standard InChI is InChI=1S/C15H10F3N5O3/c16-15(17,18)9-3-1-2-4-10(9)20-14(24)25-23-13(19)8-5-6-11-12(7-8)22-26-21-11/h1-7H,(H2,19,23)(H,20,24). The van der Waals surface area contributed by atoms with Gasteiger partial charge < -0.3 is 5.73 Å². The number of benzene rings is 2. The molecular weight excluding hydrogens is 355 g/mol. The lowest BCUT2D eigenvalue weighted by atomic mass is 10.2. The summed E-state index contributed by atoms with van der Waals surface area (Å²) in [5.74, 6) is -0.186. The first kappa shape index (κ1) is 17.2. The third-order valence-corrected chi connectivity index (χ3v) is 3.25. The van der Waals surface area contributed by atoms with Crippen LogP contribution in [0.5, 0.6) is 0 Å². The number of amides is 1. The highest BCUT2D eigenvalue weighted by molar-refractivity contribution is 6.00. The molecule has 1 amide bonds. The lowest BCUT2D eigenvalue weighted by Crippen LogP contribution is -2.19. The van der Waals surface area contributed by atoms with Gasteiger partial charge in [0.15, 0.2) is 5.84 Å². The molecule has 0 aliphatic heterocycles.